The average Bonchev–Trinajstić information content (AvgIpc) is 2.52. The van der Waals surface area contributed by atoms with Gasteiger partial charge in [0.2, 0.25) is 0 Å². The molecular weight excluding hydrogens is 328 g/mol. The third kappa shape index (κ3) is 4.59. The highest BCUT2D eigenvalue weighted by atomic mass is 35.5. The Morgan fingerprint density at radius 2 is 2.12 bits per heavy atom. The molecule has 7 heteroatoms. The molecule has 0 bridgehead atoms. The smallest absolute Gasteiger partial charge is 0.251 e. The lowest BCUT2D eigenvalue weighted by Gasteiger charge is -2.39. The van der Waals surface area contributed by atoms with E-state index >= 15 is 0 Å². The van der Waals surface area contributed by atoms with Crippen LogP contribution in [0.3, 0.4) is 0 Å². The van der Waals surface area contributed by atoms with Crippen molar-refractivity contribution in [1.29, 1.82) is 0 Å². The van der Waals surface area contributed by atoms with Crippen molar-refractivity contribution >= 4 is 23.3 Å². The molecule has 6 nitrogen and oxygen atoms in total. The van der Waals surface area contributed by atoms with Gasteiger partial charge in [-0.3, -0.25) is 9.69 Å². The Hall–Kier alpha value is -1.37. The number of hydrogen-bond acceptors (Lipinski definition) is 5. The molecule has 1 N–H and O–H groups in total. The minimum atomic E-state index is -0.122. The Kier molecular flexibility index (Phi) is 6.83. The normalized spacial score (nSPS) is 16.2. The molecular formula is C17H27ClN4O2. The fourth-order valence-corrected chi connectivity index (χ4v) is 3.07. The largest absolute Gasteiger partial charge is 0.378 e. The van der Waals surface area contributed by atoms with Crippen LogP contribution in [-0.2, 0) is 4.74 Å². The summed E-state index contributed by atoms with van der Waals surface area (Å²) in [6.07, 6.45) is 0.220. The van der Waals surface area contributed by atoms with Crippen LogP contribution >= 0.6 is 11.6 Å². The number of ether oxygens (including phenoxy) is 1. The molecule has 1 fully saturated rings. The maximum atomic E-state index is 12.4. The molecule has 1 aliphatic heterocycles. The van der Waals surface area contributed by atoms with Crippen LogP contribution in [0.5, 0.6) is 0 Å². The number of carbonyl (C=O) groups is 1. The van der Waals surface area contributed by atoms with Crippen LogP contribution in [-0.4, -0.2) is 67.8 Å². The first kappa shape index (κ1) is 19.0. The molecule has 0 aliphatic carbocycles. The third-order valence-electron chi connectivity index (χ3n) is 4.54. The lowest BCUT2D eigenvalue weighted by Crippen LogP contribution is -2.52. The second kappa shape index (κ2) is 8.65. The average molecular weight is 355 g/mol. The van der Waals surface area contributed by atoms with Crippen molar-refractivity contribution in [3.05, 3.63) is 22.8 Å². The number of methoxy groups -OCH3 is 1. The van der Waals surface area contributed by atoms with Crippen LogP contribution in [0.15, 0.2) is 12.1 Å². The highest BCUT2D eigenvalue weighted by molar-refractivity contribution is 6.29. The number of halogens is 1. The molecule has 0 radical (unpaired) electrons. The van der Waals surface area contributed by atoms with E-state index in [-0.39, 0.29) is 12.0 Å². The molecule has 0 spiro atoms. The number of likely N-dealkylation sites (N-methyl/N-ethyl adjacent to an activating group) is 1. The molecule has 1 aliphatic rings. The van der Waals surface area contributed by atoms with Gasteiger partial charge >= 0.3 is 0 Å². The van der Waals surface area contributed by atoms with Crippen molar-refractivity contribution in [3.63, 3.8) is 0 Å². The number of amides is 1. The van der Waals surface area contributed by atoms with Crippen LogP contribution in [0, 0.1) is 0 Å². The van der Waals surface area contributed by atoms with E-state index in [0.29, 0.717) is 23.3 Å². The van der Waals surface area contributed by atoms with E-state index < -0.39 is 0 Å². The fraction of sp³-hybridized carbons (Fsp3) is 0.647. The highest BCUT2D eigenvalue weighted by Crippen LogP contribution is 2.23. The zero-order valence-corrected chi connectivity index (χ0v) is 15.6. The summed E-state index contributed by atoms with van der Waals surface area (Å²) in [7, 11) is 1.70. The van der Waals surface area contributed by atoms with Gasteiger partial charge in [0.05, 0.1) is 6.10 Å². The zero-order chi connectivity index (χ0) is 17.7. The standard InChI is InChI=1S/C17H27ClN4O2/c1-5-21(6-2)12(3)9-19-17(23)13-7-15(18)20-16(8-13)22-10-14(11-22)24-4/h7-8,12,14H,5-6,9-11H2,1-4H3,(H,19,23). The Balaban J connectivity index is 1.98. The van der Waals surface area contributed by atoms with Crippen LogP contribution in [0.2, 0.25) is 5.15 Å². The zero-order valence-electron chi connectivity index (χ0n) is 14.9. The first-order chi connectivity index (χ1) is 11.5. The van der Waals surface area contributed by atoms with Gasteiger partial charge in [-0.2, -0.15) is 0 Å². The number of nitrogens with zero attached hydrogens (tertiary/aromatic N) is 3. The summed E-state index contributed by atoms with van der Waals surface area (Å²) in [6, 6.07) is 3.68. The van der Waals surface area contributed by atoms with Crippen molar-refractivity contribution in [1.82, 2.24) is 15.2 Å². The molecule has 1 amide bonds. The fourth-order valence-electron chi connectivity index (χ4n) is 2.87. The minimum Gasteiger partial charge on any atom is -0.378 e. The second-order valence-corrected chi connectivity index (χ2v) is 6.47. The maximum Gasteiger partial charge on any atom is 0.251 e. The highest BCUT2D eigenvalue weighted by Gasteiger charge is 2.28. The molecule has 2 heterocycles. The van der Waals surface area contributed by atoms with Crippen LogP contribution in [0.1, 0.15) is 31.1 Å². The number of hydrogen-bond donors (Lipinski definition) is 1. The van der Waals surface area contributed by atoms with E-state index in [1.807, 2.05) is 0 Å². The van der Waals surface area contributed by atoms with Crippen LogP contribution < -0.4 is 10.2 Å². The molecule has 24 heavy (non-hydrogen) atoms. The summed E-state index contributed by atoms with van der Waals surface area (Å²) in [6.45, 7) is 10.4. The van der Waals surface area contributed by atoms with Crippen LogP contribution in [0.4, 0.5) is 5.82 Å². The predicted octanol–water partition coefficient (Wildman–Crippen LogP) is 2.03. The lowest BCUT2D eigenvalue weighted by molar-refractivity contribution is 0.0783. The second-order valence-electron chi connectivity index (χ2n) is 6.08. The van der Waals surface area contributed by atoms with E-state index in [4.69, 9.17) is 16.3 Å². The van der Waals surface area contributed by atoms with Crippen LogP contribution in [0.25, 0.3) is 0 Å². The molecule has 1 aromatic heterocycles. The number of pyridine rings is 1. The van der Waals surface area contributed by atoms with Gasteiger partial charge in [0, 0.05) is 38.3 Å². The SMILES string of the molecule is CCN(CC)C(C)CNC(=O)c1cc(Cl)nc(N2CC(OC)C2)c1. The minimum absolute atomic E-state index is 0.122. The van der Waals surface area contributed by atoms with Crippen molar-refractivity contribution in [2.24, 2.45) is 0 Å². The van der Waals surface area contributed by atoms with Crippen molar-refractivity contribution in [3.8, 4) is 0 Å². The molecule has 1 atom stereocenters. The Morgan fingerprint density at radius 3 is 2.71 bits per heavy atom. The summed E-state index contributed by atoms with van der Waals surface area (Å²) in [4.78, 5) is 21.1. The number of carbonyl (C=O) groups excluding carboxylic acids is 1. The number of aromatic nitrogens is 1. The van der Waals surface area contributed by atoms with Crippen molar-refractivity contribution in [2.45, 2.75) is 32.9 Å². The third-order valence-corrected chi connectivity index (χ3v) is 4.74. The Morgan fingerprint density at radius 1 is 1.46 bits per heavy atom. The molecule has 1 aromatic rings. The van der Waals surface area contributed by atoms with E-state index in [1.165, 1.54) is 0 Å². The van der Waals surface area contributed by atoms with Gasteiger partial charge in [0.25, 0.3) is 5.91 Å². The van der Waals surface area contributed by atoms with Gasteiger partial charge in [-0.25, -0.2) is 4.98 Å². The Bertz CT molecular complexity index is 560. The molecule has 2 rings (SSSR count). The van der Waals surface area contributed by atoms with E-state index in [0.717, 1.165) is 32.0 Å². The maximum absolute atomic E-state index is 12.4. The van der Waals surface area contributed by atoms with Crippen molar-refractivity contribution < 1.29 is 9.53 Å². The van der Waals surface area contributed by atoms with E-state index in [9.17, 15) is 4.79 Å². The molecule has 134 valence electrons. The summed E-state index contributed by atoms with van der Waals surface area (Å²) >= 11 is 6.09. The van der Waals surface area contributed by atoms with Gasteiger partial charge < -0.3 is 15.0 Å². The topological polar surface area (TPSA) is 57.7 Å². The predicted molar refractivity (Wildman–Crippen MR) is 97.0 cm³/mol. The number of anilines is 1. The van der Waals surface area contributed by atoms with E-state index in [2.05, 4.69) is 40.9 Å². The van der Waals surface area contributed by atoms with Gasteiger partial charge in [-0.15, -0.1) is 0 Å². The lowest BCUT2D eigenvalue weighted by atomic mass is 10.1. The molecule has 1 unspecified atom stereocenters. The summed E-state index contributed by atoms with van der Waals surface area (Å²) in [5.41, 5.74) is 0.539. The van der Waals surface area contributed by atoms with Gasteiger partial charge in [-0.05, 0) is 32.1 Å². The van der Waals surface area contributed by atoms with Gasteiger partial charge in [0.1, 0.15) is 11.0 Å². The van der Waals surface area contributed by atoms with Gasteiger partial charge in [-0.1, -0.05) is 25.4 Å². The molecule has 0 aromatic carbocycles. The summed E-state index contributed by atoms with van der Waals surface area (Å²) < 4.78 is 5.27. The Labute approximate surface area is 149 Å². The summed E-state index contributed by atoms with van der Waals surface area (Å²) in [5, 5.41) is 3.32. The number of rotatable bonds is 8. The first-order valence-corrected chi connectivity index (χ1v) is 8.83. The van der Waals surface area contributed by atoms with Gasteiger partial charge in [0.15, 0.2) is 0 Å². The molecule has 0 saturated carbocycles. The van der Waals surface area contributed by atoms with E-state index in [1.54, 1.807) is 19.2 Å². The quantitative estimate of drug-likeness (QED) is 0.724. The first-order valence-electron chi connectivity index (χ1n) is 8.46. The summed E-state index contributed by atoms with van der Waals surface area (Å²) in [5.74, 6) is 0.598. The monoisotopic (exact) mass is 354 g/mol. The molecule has 1 saturated heterocycles. The van der Waals surface area contributed by atoms with Crippen molar-refractivity contribution in [2.75, 3.05) is 44.7 Å². The number of nitrogens with one attached hydrogen (secondary N) is 1.